The second-order valence-corrected chi connectivity index (χ2v) is 10.7. The molecular weight excluding hydrogens is 574 g/mol. The van der Waals surface area contributed by atoms with Crippen molar-refractivity contribution in [3.05, 3.63) is 40.7 Å². The fraction of sp³-hybridized carbons (Fsp3) is 0.577. The number of fused-ring (bicyclic) bond motifs is 1. The lowest BCUT2D eigenvalue weighted by Gasteiger charge is -2.33. The number of alkyl halides is 5. The second-order valence-electron chi connectivity index (χ2n) is 10.7. The summed E-state index contributed by atoms with van der Waals surface area (Å²) in [4.78, 5) is 33.0. The molecule has 2 fully saturated rings. The summed E-state index contributed by atoms with van der Waals surface area (Å²) in [5.41, 5.74) is 0.0487. The van der Waals surface area contributed by atoms with E-state index >= 15 is 4.39 Å². The number of amides is 2. The third kappa shape index (κ3) is 6.52. The minimum atomic E-state index is -4.67. The number of carbonyl (C=O) groups is 2. The van der Waals surface area contributed by atoms with Crippen LogP contribution in [0.5, 0.6) is 0 Å². The number of aromatic amines is 1. The van der Waals surface area contributed by atoms with E-state index in [4.69, 9.17) is 9.37 Å². The first kappa shape index (κ1) is 29.8. The van der Waals surface area contributed by atoms with Crippen LogP contribution in [0.2, 0.25) is 0 Å². The normalized spacial score (nSPS) is 19.0. The first-order chi connectivity index (χ1) is 19.9. The second kappa shape index (κ2) is 11.5. The molecule has 0 saturated heterocycles. The van der Waals surface area contributed by atoms with Gasteiger partial charge in [0.15, 0.2) is 11.5 Å². The molecule has 42 heavy (non-hydrogen) atoms. The zero-order valence-electron chi connectivity index (χ0n) is 22.4. The van der Waals surface area contributed by atoms with Crippen LogP contribution in [-0.4, -0.2) is 64.5 Å². The molecule has 2 saturated carbocycles. The predicted molar refractivity (Wildman–Crippen MR) is 133 cm³/mol. The van der Waals surface area contributed by atoms with Gasteiger partial charge in [0.1, 0.15) is 23.6 Å². The fourth-order valence-electron chi connectivity index (χ4n) is 5.27. The van der Waals surface area contributed by atoms with Crippen molar-refractivity contribution in [2.45, 2.75) is 68.5 Å². The number of nitrogens with zero attached hydrogens (tertiary/aromatic N) is 3. The maximum absolute atomic E-state index is 15.8. The standard InChI is InChI=1S/C26H28F6N6O4/c1-41-10-15(23(39)33-11-26(30,31)32)14-4-5-16-20(17(14)27)35-22(34-16)19(13-6-8-25(28,29)9-7-13)36-24(40)21-18(12-2-3-12)37-42-38-21/h4-5,12-13,15,19H,2-3,6-11H2,1H3,(H,33,39)(H,34,35)(H,36,40)/t15?,19-/m0/s1. The lowest BCUT2D eigenvalue weighted by Crippen LogP contribution is -2.38. The number of hydrogen-bond donors (Lipinski definition) is 3. The van der Waals surface area contributed by atoms with Crippen LogP contribution in [0, 0.1) is 11.7 Å². The van der Waals surface area contributed by atoms with Gasteiger partial charge in [-0.15, -0.1) is 0 Å². The Morgan fingerprint density at radius 1 is 1.17 bits per heavy atom. The van der Waals surface area contributed by atoms with E-state index in [-0.39, 0.29) is 46.9 Å². The van der Waals surface area contributed by atoms with Crippen molar-refractivity contribution in [1.82, 2.24) is 30.9 Å². The molecule has 0 radical (unpaired) electrons. The fourth-order valence-corrected chi connectivity index (χ4v) is 5.27. The van der Waals surface area contributed by atoms with Crippen molar-refractivity contribution >= 4 is 22.8 Å². The number of rotatable bonds is 10. The molecule has 3 N–H and O–H groups in total. The van der Waals surface area contributed by atoms with E-state index in [1.54, 1.807) is 5.32 Å². The Morgan fingerprint density at radius 2 is 1.88 bits per heavy atom. The number of H-pyrrole nitrogens is 1. The number of carbonyl (C=O) groups excluding carboxylic acids is 2. The van der Waals surface area contributed by atoms with E-state index in [2.05, 4.69) is 25.6 Å². The maximum Gasteiger partial charge on any atom is 0.405 e. The maximum atomic E-state index is 15.8. The minimum absolute atomic E-state index is 0.0273. The van der Waals surface area contributed by atoms with Crippen molar-refractivity contribution in [1.29, 1.82) is 0 Å². The van der Waals surface area contributed by atoms with Gasteiger partial charge in [0, 0.05) is 31.4 Å². The molecule has 1 unspecified atom stereocenters. The van der Waals surface area contributed by atoms with E-state index in [0.717, 1.165) is 12.8 Å². The first-order valence-electron chi connectivity index (χ1n) is 13.4. The van der Waals surface area contributed by atoms with Crippen molar-refractivity contribution in [2.75, 3.05) is 20.3 Å². The van der Waals surface area contributed by atoms with Gasteiger partial charge < -0.3 is 20.4 Å². The van der Waals surface area contributed by atoms with Crippen LogP contribution in [0.4, 0.5) is 26.3 Å². The summed E-state index contributed by atoms with van der Waals surface area (Å²) in [6.07, 6.45) is -3.76. The summed E-state index contributed by atoms with van der Waals surface area (Å²) >= 11 is 0. The number of halogens is 6. The highest BCUT2D eigenvalue weighted by molar-refractivity contribution is 5.93. The van der Waals surface area contributed by atoms with Gasteiger partial charge in [0.05, 0.1) is 24.1 Å². The molecule has 2 aliphatic rings. The lowest BCUT2D eigenvalue weighted by atomic mass is 9.81. The predicted octanol–water partition coefficient (Wildman–Crippen LogP) is 4.67. The average Bonchev–Trinajstić information content (AvgIpc) is 3.48. The lowest BCUT2D eigenvalue weighted by molar-refractivity contribution is -0.140. The number of imidazole rings is 1. The number of nitrogens with one attached hydrogen (secondary N) is 3. The SMILES string of the molecule is COCC(C(=O)NCC(F)(F)F)c1ccc2[nH]c([C@@H](NC(=O)c3nonc3C3CC3)C3CCC(F)(F)CC3)nc2c1F. The molecule has 1 aromatic carbocycles. The summed E-state index contributed by atoms with van der Waals surface area (Å²) in [6.45, 7) is -2.01. The number of ether oxygens (including phenoxy) is 1. The molecule has 0 aliphatic heterocycles. The summed E-state index contributed by atoms with van der Waals surface area (Å²) in [5, 5.41) is 12.1. The molecule has 2 atom stereocenters. The van der Waals surface area contributed by atoms with Crippen molar-refractivity contribution in [3.8, 4) is 0 Å². The van der Waals surface area contributed by atoms with Crippen LogP contribution in [0.15, 0.2) is 16.8 Å². The van der Waals surface area contributed by atoms with Crippen LogP contribution in [0.3, 0.4) is 0 Å². The molecule has 2 aliphatic carbocycles. The molecule has 2 amide bonds. The topological polar surface area (TPSA) is 135 Å². The Kier molecular flexibility index (Phi) is 8.18. The molecule has 10 nitrogen and oxygen atoms in total. The third-order valence-corrected chi connectivity index (χ3v) is 7.64. The Labute approximate surface area is 234 Å². The molecule has 228 valence electrons. The largest absolute Gasteiger partial charge is 0.405 e. The van der Waals surface area contributed by atoms with Crippen molar-refractivity contribution in [3.63, 3.8) is 0 Å². The van der Waals surface area contributed by atoms with Crippen LogP contribution < -0.4 is 10.6 Å². The number of methoxy groups -OCH3 is 1. The van der Waals surface area contributed by atoms with Gasteiger partial charge in [-0.1, -0.05) is 11.2 Å². The minimum Gasteiger partial charge on any atom is -0.384 e. The van der Waals surface area contributed by atoms with Gasteiger partial charge in [0.25, 0.3) is 5.91 Å². The molecule has 3 aromatic rings. The molecule has 5 rings (SSSR count). The number of hydrogen-bond acceptors (Lipinski definition) is 7. The quantitative estimate of drug-likeness (QED) is 0.287. The summed E-state index contributed by atoms with van der Waals surface area (Å²) in [7, 11) is 1.22. The van der Waals surface area contributed by atoms with Gasteiger partial charge in [-0.05, 0) is 42.8 Å². The highest BCUT2D eigenvalue weighted by Crippen LogP contribution is 2.43. The summed E-state index contributed by atoms with van der Waals surface area (Å²) in [5.74, 6) is -7.36. The Balaban J connectivity index is 1.46. The monoisotopic (exact) mass is 602 g/mol. The van der Waals surface area contributed by atoms with Crippen LogP contribution in [0.1, 0.15) is 84.0 Å². The zero-order valence-corrected chi connectivity index (χ0v) is 22.4. The smallest absolute Gasteiger partial charge is 0.384 e. The Bertz CT molecular complexity index is 1440. The highest BCUT2D eigenvalue weighted by atomic mass is 19.4. The third-order valence-electron chi connectivity index (χ3n) is 7.64. The van der Waals surface area contributed by atoms with E-state index < -0.39 is 73.6 Å². The first-order valence-corrected chi connectivity index (χ1v) is 13.4. The van der Waals surface area contributed by atoms with Crippen molar-refractivity contribution < 1.29 is 45.3 Å². The number of benzene rings is 1. The molecule has 0 bridgehead atoms. The molecule has 2 aromatic heterocycles. The molecule has 16 heteroatoms. The van der Waals surface area contributed by atoms with E-state index in [1.165, 1.54) is 19.2 Å². The van der Waals surface area contributed by atoms with Crippen LogP contribution >= 0.6 is 0 Å². The number of aromatic nitrogens is 4. The van der Waals surface area contributed by atoms with Gasteiger partial charge in [-0.25, -0.2) is 22.8 Å². The highest BCUT2D eigenvalue weighted by Gasteiger charge is 2.41. The summed E-state index contributed by atoms with van der Waals surface area (Å²) < 4.78 is 91.4. The van der Waals surface area contributed by atoms with E-state index in [1.807, 2.05) is 0 Å². The van der Waals surface area contributed by atoms with Crippen LogP contribution in [-0.2, 0) is 9.53 Å². The summed E-state index contributed by atoms with van der Waals surface area (Å²) in [6, 6.07) is 1.68. The van der Waals surface area contributed by atoms with Gasteiger partial charge in [-0.2, -0.15) is 13.2 Å². The van der Waals surface area contributed by atoms with Gasteiger partial charge >= 0.3 is 6.18 Å². The van der Waals surface area contributed by atoms with Crippen LogP contribution in [0.25, 0.3) is 11.0 Å². The molecule has 2 heterocycles. The van der Waals surface area contributed by atoms with E-state index in [9.17, 15) is 31.5 Å². The van der Waals surface area contributed by atoms with E-state index in [0.29, 0.717) is 5.69 Å². The van der Waals surface area contributed by atoms with Gasteiger partial charge in [0.2, 0.25) is 11.8 Å². The Morgan fingerprint density at radius 3 is 2.52 bits per heavy atom. The molecular formula is C26H28F6N6O4. The zero-order chi connectivity index (χ0) is 30.2. The van der Waals surface area contributed by atoms with Gasteiger partial charge in [-0.3, -0.25) is 9.59 Å². The average molecular weight is 603 g/mol. The molecule has 0 spiro atoms. The van der Waals surface area contributed by atoms with Crippen molar-refractivity contribution in [2.24, 2.45) is 5.92 Å². The Hall–Kier alpha value is -3.69.